The van der Waals surface area contributed by atoms with Crippen molar-refractivity contribution in [3.05, 3.63) is 51.2 Å². The monoisotopic (exact) mass is 330 g/mol. The van der Waals surface area contributed by atoms with Crippen LogP contribution in [0.4, 0.5) is 5.69 Å². The van der Waals surface area contributed by atoms with Crippen LogP contribution in [0.25, 0.3) is 0 Å². The van der Waals surface area contributed by atoms with Gasteiger partial charge in [-0.25, -0.2) is 4.99 Å². The van der Waals surface area contributed by atoms with E-state index < -0.39 is 0 Å². The Morgan fingerprint density at radius 3 is 2.95 bits per heavy atom. The highest BCUT2D eigenvalue weighted by Gasteiger charge is 2.30. The Hall–Kier alpha value is -2.18. The summed E-state index contributed by atoms with van der Waals surface area (Å²) in [6.07, 6.45) is 0. The number of carbonyl (C=O) groups excluding carboxylic acids is 1. The van der Waals surface area contributed by atoms with Crippen LogP contribution >= 0.6 is 22.9 Å². The van der Waals surface area contributed by atoms with Crippen LogP contribution in [0.3, 0.4) is 0 Å². The maximum absolute atomic E-state index is 12.3. The Morgan fingerprint density at radius 1 is 1.27 bits per heavy atom. The zero-order chi connectivity index (χ0) is 15.1. The molecule has 22 heavy (non-hydrogen) atoms. The van der Waals surface area contributed by atoms with E-state index in [1.165, 1.54) is 11.3 Å². The number of amides is 1. The molecule has 1 N–H and O–H groups in total. The lowest BCUT2D eigenvalue weighted by atomic mass is 10.1. The number of rotatable bonds is 1. The van der Waals surface area contributed by atoms with E-state index in [-0.39, 0.29) is 5.91 Å². The standard InChI is InChI=1S/C15H11ClN4OS/c16-12-6-5-11(22-12)14(21)19-15-18-10-4-2-1-3-9(10)13-17-7-8-20(13)15/h1-6H,7-8H2,(H,18,19,21). The molecule has 3 heterocycles. The molecule has 0 atom stereocenters. The number of aliphatic imine (C=N–C) groups is 2. The number of fused-ring (bicyclic) bond motifs is 3. The molecule has 0 spiro atoms. The maximum Gasteiger partial charge on any atom is 0.268 e. The van der Waals surface area contributed by atoms with Crippen molar-refractivity contribution >= 4 is 46.3 Å². The molecule has 0 saturated carbocycles. The number of benzene rings is 1. The number of halogens is 1. The first-order valence-electron chi connectivity index (χ1n) is 6.79. The van der Waals surface area contributed by atoms with Crippen molar-refractivity contribution in [2.75, 3.05) is 13.1 Å². The van der Waals surface area contributed by atoms with E-state index >= 15 is 0 Å². The summed E-state index contributed by atoms with van der Waals surface area (Å²) < 4.78 is 0.588. The highest BCUT2D eigenvalue weighted by molar-refractivity contribution is 7.18. The van der Waals surface area contributed by atoms with Gasteiger partial charge >= 0.3 is 0 Å². The Balaban J connectivity index is 1.68. The summed E-state index contributed by atoms with van der Waals surface area (Å²) in [6.45, 7) is 1.41. The van der Waals surface area contributed by atoms with Crippen molar-refractivity contribution in [1.82, 2.24) is 10.2 Å². The number of para-hydroxylation sites is 1. The van der Waals surface area contributed by atoms with E-state index in [2.05, 4.69) is 15.3 Å². The van der Waals surface area contributed by atoms with E-state index in [1.54, 1.807) is 12.1 Å². The van der Waals surface area contributed by atoms with Crippen molar-refractivity contribution in [3.63, 3.8) is 0 Å². The highest BCUT2D eigenvalue weighted by atomic mass is 35.5. The van der Waals surface area contributed by atoms with Gasteiger partial charge in [0.1, 0.15) is 5.84 Å². The van der Waals surface area contributed by atoms with Gasteiger partial charge in [-0.3, -0.25) is 20.0 Å². The molecule has 2 aromatic rings. The molecular formula is C15H11ClN4OS. The summed E-state index contributed by atoms with van der Waals surface area (Å²) in [5.41, 5.74) is 1.82. The topological polar surface area (TPSA) is 57.1 Å². The van der Waals surface area contributed by atoms with E-state index in [0.717, 1.165) is 17.1 Å². The Bertz CT molecular complexity index is 826. The zero-order valence-corrected chi connectivity index (χ0v) is 13.0. The van der Waals surface area contributed by atoms with Crippen LogP contribution < -0.4 is 5.32 Å². The predicted octanol–water partition coefficient (Wildman–Crippen LogP) is 2.89. The maximum atomic E-state index is 12.3. The van der Waals surface area contributed by atoms with E-state index in [9.17, 15) is 4.79 Å². The van der Waals surface area contributed by atoms with Crippen LogP contribution in [0, 0.1) is 0 Å². The molecule has 5 nitrogen and oxygen atoms in total. The molecular weight excluding hydrogens is 320 g/mol. The predicted molar refractivity (Wildman–Crippen MR) is 88.4 cm³/mol. The van der Waals surface area contributed by atoms with Gasteiger partial charge < -0.3 is 0 Å². The van der Waals surface area contributed by atoms with Gasteiger partial charge in [-0.2, -0.15) is 0 Å². The van der Waals surface area contributed by atoms with Gasteiger partial charge in [0.15, 0.2) is 0 Å². The first-order valence-corrected chi connectivity index (χ1v) is 7.98. The minimum atomic E-state index is -0.207. The smallest absolute Gasteiger partial charge is 0.268 e. The Kier molecular flexibility index (Phi) is 3.20. The SMILES string of the molecule is O=C(NC1=Nc2ccccc2C2=NCCN12)c1ccc(Cl)s1. The molecule has 7 heteroatoms. The zero-order valence-electron chi connectivity index (χ0n) is 11.4. The summed E-state index contributed by atoms with van der Waals surface area (Å²) >= 11 is 7.13. The Morgan fingerprint density at radius 2 is 2.14 bits per heavy atom. The molecule has 0 radical (unpaired) electrons. The normalized spacial score (nSPS) is 15.8. The molecule has 2 aliphatic heterocycles. The molecule has 0 bridgehead atoms. The third-order valence-corrected chi connectivity index (χ3v) is 4.72. The van der Waals surface area contributed by atoms with Gasteiger partial charge in [0.25, 0.3) is 5.91 Å². The number of hydrogen-bond donors (Lipinski definition) is 1. The number of thiophene rings is 1. The van der Waals surface area contributed by atoms with Crippen molar-refractivity contribution in [2.45, 2.75) is 0 Å². The summed E-state index contributed by atoms with van der Waals surface area (Å²) in [6, 6.07) is 11.2. The second kappa shape index (κ2) is 5.23. The number of nitrogens with zero attached hydrogens (tertiary/aromatic N) is 3. The number of hydrogen-bond acceptors (Lipinski definition) is 5. The fraction of sp³-hybridized carbons (Fsp3) is 0.133. The van der Waals surface area contributed by atoms with Crippen LogP contribution in [0.15, 0.2) is 46.4 Å². The van der Waals surface area contributed by atoms with Gasteiger partial charge in [0.05, 0.1) is 21.4 Å². The molecule has 2 aliphatic rings. The van der Waals surface area contributed by atoms with Gasteiger partial charge in [0, 0.05) is 12.1 Å². The van der Waals surface area contributed by atoms with Crippen LogP contribution in [-0.2, 0) is 0 Å². The first kappa shape index (κ1) is 13.5. The summed E-state index contributed by atoms with van der Waals surface area (Å²) in [4.78, 5) is 23.9. The van der Waals surface area contributed by atoms with Gasteiger partial charge in [-0.15, -0.1) is 11.3 Å². The molecule has 0 saturated heterocycles. The van der Waals surface area contributed by atoms with Gasteiger partial charge in [-0.05, 0) is 24.3 Å². The number of carbonyl (C=O) groups is 1. The molecule has 0 unspecified atom stereocenters. The van der Waals surface area contributed by atoms with E-state index in [4.69, 9.17) is 11.6 Å². The third kappa shape index (κ3) is 2.20. The van der Waals surface area contributed by atoms with Crippen molar-refractivity contribution in [3.8, 4) is 0 Å². The molecule has 1 aromatic carbocycles. The first-order chi connectivity index (χ1) is 10.7. The molecule has 110 valence electrons. The van der Waals surface area contributed by atoms with Crippen LogP contribution in [0.2, 0.25) is 4.34 Å². The lowest BCUT2D eigenvalue weighted by Gasteiger charge is -2.27. The van der Waals surface area contributed by atoms with Crippen LogP contribution in [0.1, 0.15) is 15.2 Å². The summed E-state index contributed by atoms with van der Waals surface area (Å²) in [5.74, 6) is 1.18. The van der Waals surface area contributed by atoms with Crippen LogP contribution in [0.5, 0.6) is 0 Å². The summed E-state index contributed by atoms with van der Waals surface area (Å²) in [7, 11) is 0. The van der Waals surface area contributed by atoms with Crippen molar-refractivity contribution < 1.29 is 4.79 Å². The number of guanidine groups is 1. The highest BCUT2D eigenvalue weighted by Crippen LogP contribution is 2.28. The van der Waals surface area contributed by atoms with Gasteiger partial charge in [0.2, 0.25) is 5.96 Å². The molecule has 1 amide bonds. The molecule has 1 aromatic heterocycles. The molecule has 0 aliphatic carbocycles. The van der Waals surface area contributed by atoms with E-state index in [0.29, 0.717) is 28.3 Å². The quantitative estimate of drug-likeness (QED) is 0.874. The minimum absolute atomic E-state index is 0.207. The fourth-order valence-electron chi connectivity index (χ4n) is 2.51. The Labute approximate surface area is 136 Å². The molecule has 0 fully saturated rings. The average molecular weight is 331 g/mol. The fourth-order valence-corrected chi connectivity index (χ4v) is 3.45. The van der Waals surface area contributed by atoms with Gasteiger partial charge in [-0.1, -0.05) is 23.7 Å². The number of nitrogens with one attached hydrogen (secondary N) is 1. The summed E-state index contributed by atoms with van der Waals surface area (Å²) in [5, 5.41) is 2.87. The number of amidine groups is 1. The second-order valence-corrected chi connectivity index (χ2v) is 6.58. The van der Waals surface area contributed by atoms with Crippen LogP contribution in [-0.4, -0.2) is 35.7 Å². The van der Waals surface area contributed by atoms with E-state index in [1.807, 2.05) is 29.2 Å². The molecule has 4 rings (SSSR count). The minimum Gasteiger partial charge on any atom is -0.294 e. The second-order valence-electron chi connectivity index (χ2n) is 4.87. The largest absolute Gasteiger partial charge is 0.294 e. The third-order valence-electron chi connectivity index (χ3n) is 3.49. The van der Waals surface area contributed by atoms with Crippen molar-refractivity contribution in [1.29, 1.82) is 0 Å². The lowest BCUT2D eigenvalue weighted by molar-refractivity contribution is 0.0978. The van der Waals surface area contributed by atoms with Crippen molar-refractivity contribution in [2.24, 2.45) is 9.98 Å². The lowest BCUT2D eigenvalue weighted by Crippen LogP contribution is -2.47. The average Bonchev–Trinajstić information content (AvgIpc) is 3.16.